The van der Waals surface area contributed by atoms with Gasteiger partial charge in [0.05, 0.1) is 21.9 Å². The van der Waals surface area contributed by atoms with E-state index >= 15 is 0 Å². The highest BCUT2D eigenvalue weighted by atomic mass is 35.5. The third-order valence-electron chi connectivity index (χ3n) is 9.42. The molecule has 0 unspecified atom stereocenters. The summed E-state index contributed by atoms with van der Waals surface area (Å²) in [6.07, 6.45) is 6.15. The van der Waals surface area contributed by atoms with Crippen LogP contribution in [0.1, 0.15) is 55.2 Å². The Labute approximate surface area is 254 Å². The maximum absolute atomic E-state index is 14.6. The Balaban J connectivity index is 1.35. The van der Waals surface area contributed by atoms with Crippen molar-refractivity contribution in [3.05, 3.63) is 88.5 Å². The van der Waals surface area contributed by atoms with Crippen molar-refractivity contribution >= 4 is 33.3 Å². The van der Waals surface area contributed by atoms with Gasteiger partial charge in [-0.25, -0.2) is 12.8 Å². The minimum atomic E-state index is -4.08. The predicted octanol–water partition coefficient (Wildman–Crippen LogP) is 5.56. The quantitative estimate of drug-likeness (QED) is 0.342. The number of aryl methyl sites for hydroxylation is 1. The Kier molecular flexibility index (Phi) is 7.93. The van der Waals surface area contributed by atoms with Crippen molar-refractivity contribution in [1.29, 1.82) is 0 Å². The molecule has 1 saturated heterocycles. The number of carboxylic acids is 1. The Morgan fingerprint density at radius 2 is 1.77 bits per heavy atom. The van der Waals surface area contributed by atoms with E-state index in [1.807, 2.05) is 6.07 Å². The van der Waals surface area contributed by atoms with Crippen LogP contribution in [0, 0.1) is 17.7 Å². The lowest BCUT2D eigenvalue weighted by atomic mass is 9.77. The Hall–Kier alpha value is -3.50. The second kappa shape index (κ2) is 11.5. The topological polar surface area (TPSA) is 114 Å². The van der Waals surface area contributed by atoms with E-state index in [2.05, 4.69) is 4.98 Å². The highest BCUT2D eigenvalue weighted by Crippen LogP contribution is 2.53. The number of amides is 1. The van der Waals surface area contributed by atoms with Crippen LogP contribution in [0.2, 0.25) is 5.02 Å². The molecule has 0 radical (unpaired) electrons. The fourth-order valence-corrected chi connectivity index (χ4v) is 9.73. The molecule has 2 atom stereocenters. The van der Waals surface area contributed by atoms with Crippen LogP contribution < -0.4 is 4.74 Å². The SMILES string of the molecule is O=C(O)C1CCC(C(=O)N2CC[C@@]3(S(=O)(=O)c4ccc(F)cc4)c4ccc(OCc5ccncc5Cl)cc4CC[C@@H]23)CC1. The number of fused-ring (bicyclic) bond motifs is 3. The van der Waals surface area contributed by atoms with E-state index < -0.39 is 38.3 Å². The fourth-order valence-electron chi connectivity index (χ4n) is 7.19. The van der Waals surface area contributed by atoms with Gasteiger partial charge in [-0.3, -0.25) is 14.6 Å². The number of aliphatic carboxylic acids is 1. The largest absolute Gasteiger partial charge is 0.489 e. The molecule has 1 aromatic heterocycles. The summed E-state index contributed by atoms with van der Waals surface area (Å²) in [6.45, 7) is 0.481. The molecule has 43 heavy (non-hydrogen) atoms. The zero-order valence-corrected chi connectivity index (χ0v) is 25.0. The van der Waals surface area contributed by atoms with E-state index in [0.717, 1.165) is 23.3 Å². The van der Waals surface area contributed by atoms with Crippen molar-refractivity contribution < 1.29 is 32.2 Å². The van der Waals surface area contributed by atoms with Crippen molar-refractivity contribution in [3.8, 4) is 5.75 Å². The van der Waals surface area contributed by atoms with Crippen LogP contribution in [0.25, 0.3) is 0 Å². The molecule has 8 nitrogen and oxygen atoms in total. The van der Waals surface area contributed by atoms with Crippen LogP contribution in [-0.4, -0.2) is 47.9 Å². The maximum Gasteiger partial charge on any atom is 0.306 e. The Bertz CT molecular complexity index is 1660. The van der Waals surface area contributed by atoms with Crippen molar-refractivity contribution in [2.24, 2.45) is 11.8 Å². The molecule has 226 valence electrons. The second-order valence-corrected chi connectivity index (χ2v) is 14.3. The molecule has 3 aliphatic rings. The summed E-state index contributed by atoms with van der Waals surface area (Å²) in [5, 5.41) is 9.88. The van der Waals surface area contributed by atoms with Crippen LogP contribution in [0.15, 0.2) is 65.8 Å². The lowest BCUT2D eigenvalue weighted by molar-refractivity contribution is -0.146. The number of carbonyl (C=O) groups excluding carboxylic acids is 1. The van der Waals surface area contributed by atoms with Gasteiger partial charge in [0.15, 0.2) is 9.84 Å². The molecular weight excluding hydrogens is 595 g/mol. The third kappa shape index (κ3) is 5.18. The van der Waals surface area contributed by atoms with Gasteiger partial charge in [0.2, 0.25) is 5.91 Å². The Morgan fingerprint density at radius 1 is 1.05 bits per heavy atom. The van der Waals surface area contributed by atoms with Gasteiger partial charge >= 0.3 is 5.97 Å². The molecule has 1 N–H and O–H groups in total. The molecule has 2 aromatic carbocycles. The molecular formula is C32H32ClFN2O6S. The van der Waals surface area contributed by atoms with Gasteiger partial charge in [-0.1, -0.05) is 17.7 Å². The molecule has 2 fully saturated rings. The lowest BCUT2D eigenvalue weighted by Crippen LogP contribution is -2.53. The molecule has 1 saturated carbocycles. The number of hydrogen-bond donors (Lipinski definition) is 1. The number of pyridine rings is 1. The first-order chi connectivity index (χ1) is 20.6. The average Bonchev–Trinajstić information content (AvgIpc) is 3.42. The number of likely N-dealkylation sites (tertiary alicyclic amines) is 1. The van der Waals surface area contributed by atoms with E-state index in [9.17, 15) is 27.5 Å². The average molecular weight is 627 g/mol. The van der Waals surface area contributed by atoms with Gasteiger partial charge in [0, 0.05) is 30.4 Å². The number of carboxylic acid groups (broad SMARTS) is 1. The van der Waals surface area contributed by atoms with Crippen LogP contribution in [0.3, 0.4) is 0 Å². The van der Waals surface area contributed by atoms with Crippen LogP contribution in [0.5, 0.6) is 5.75 Å². The van der Waals surface area contributed by atoms with E-state index in [1.165, 1.54) is 12.1 Å². The molecule has 11 heteroatoms. The first kappa shape index (κ1) is 29.6. The van der Waals surface area contributed by atoms with Gasteiger partial charge in [0.1, 0.15) is 22.9 Å². The smallest absolute Gasteiger partial charge is 0.306 e. The molecule has 0 spiro atoms. The molecule has 2 heterocycles. The van der Waals surface area contributed by atoms with Gasteiger partial charge in [-0.05, 0) is 98.5 Å². The summed E-state index contributed by atoms with van der Waals surface area (Å²) >= 11 is 6.23. The summed E-state index contributed by atoms with van der Waals surface area (Å²) < 4.78 is 47.6. The molecule has 6 rings (SSSR count). The van der Waals surface area contributed by atoms with Gasteiger partial charge in [0.25, 0.3) is 0 Å². The standard InChI is InChI=1S/C32H32ClFN2O6S/c33-28-18-35-15-13-23(28)19-42-25-8-11-27-22(17-25)5-12-29-32(27,43(40,41)26-9-6-24(34)7-10-26)14-16-36(29)30(37)20-1-3-21(4-2-20)31(38)39/h6-11,13,15,17-18,20-21,29H,1-5,12,14,16,19H2,(H,38,39)/t20?,21?,29-,32-/m1/s1. The first-order valence-electron chi connectivity index (χ1n) is 14.5. The maximum atomic E-state index is 14.6. The van der Waals surface area contributed by atoms with E-state index in [0.29, 0.717) is 54.9 Å². The second-order valence-electron chi connectivity index (χ2n) is 11.6. The monoisotopic (exact) mass is 626 g/mol. The van der Waals surface area contributed by atoms with Gasteiger partial charge in [-0.15, -0.1) is 0 Å². The number of nitrogens with zero attached hydrogens (tertiary/aromatic N) is 2. The third-order valence-corrected chi connectivity index (χ3v) is 12.3. The number of aromatic nitrogens is 1. The molecule has 3 aromatic rings. The zero-order chi connectivity index (χ0) is 30.4. The van der Waals surface area contributed by atoms with Crippen molar-refractivity contribution in [1.82, 2.24) is 9.88 Å². The molecule has 1 aliphatic heterocycles. The van der Waals surface area contributed by atoms with Crippen LogP contribution >= 0.6 is 11.6 Å². The number of halogens is 2. The van der Waals surface area contributed by atoms with E-state index in [-0.39, 0.29) is 36.3 Å². The van der Waals surface area contributed by atoms with Gasteiger partial charge < -0.3 is 14.7 Å². The summed E-state index contributed by atoms with van der Waals surface area (Å²) in [5.74, 6) is -1.70. The Morgan fingerprint density at radius 3 is 2.47 bits per heavy atom. The van der Waals surface area contributed by atoms with Crippen molar-refractivity contribution in [2.75, 3.05) is 6.54 Å². The van der Waals surface area contributed by atoms with Crippen LogP contribution in [0.4, 0.5) is 4.39 Å². The number of carbonyl (C=O) groups is 2. The van der Waals surface area contributed by atoms with Crippen molar-refractivity contribution in [2.45, 2.75) is 67.2 Å². The summed E-state index contributed by atoms with van der Waals surface area (Å²) in [7, 11) is -4.08. The first-order valence-corrected chi connectivity index (χ1v) is 16.4. The van der Waals surface area contributed by atoms with Crippen LogP contribution in [-0.2, 0) is 37.2 Å². The number of ether oxygens (including phenoxy) is 1. The highest BCUT2D eigenvalue weighted by molar-refractivity contribution is 7.92. The fraction of sp³-hybridized carbons (Fsp3) is 0.406. The number of benzene rings is 2. The van der Waals surface area contributed by atoms with Crippen molar-refractivity contribution in [3.63, 3.8) is 0 Å². The molecule has 1 amide bonds. The minimum Gasteiger partial charge on any atom is -0.489 e. The summed E-state index contributed by atoms with van der Waals surface area (Å²) in [4.78, 5) is 31.1. The van der Waals surface area contributed by atoms with Gasteiger partial charge in [-0.2, -0.15) is 0 Å². The number of sulfone groups is 1. The minimum absolute atomic E-state index is 0.00988. The molecule has 2 aliphatic carbocycles. The zero-order valence-electron chi connectivity index (χ0n) is 23.4. The number of hydrogen-bond acceptors (Lipinski definition) is 6. The lowest BCUT2D eigenvalue weighted by Gasteiger charge is -2.43. The summed E-state index contributed by atoms with van der Waals surface area (Å²) in [5.41, 5.74) is 2.23. The van der Waals surface area contributed by atoms with E-state index in [1.54, 1.807) is 35.5 Å². The highest BCUT2D eigenvalue weighted by Gasteiger charge is 2.61. The summed E-state index contributed by atoms with van der Waals surface area (Å²) in [6, 6.07) is 11.4. The van der Waals surface area contributed by atoms with E-state index in [4.69, 9.17) is 16.3 Å². The number of rotatable bonds is 7. The normalized spacial score (nSPS) is 25.1. The predicted molar refractivity (Wildman–Crippen MR) is 157 cm³/mol. The molecule has 0 bridgehead atoms.